The van der Waals surface area contributed by atoms with Gasteiger partial charge in [0.15, 0.2) is 5.96 Å². The van der Waals surface area contributed by atoms with Crippen LogP contribution in [0.1, 0.15) is 26.7 Å². The van der Waals surface area contributed by atoms with Gasteiger partial charge in [-0.05, 0) is 68.8 Å². The van der Waals surface area contributed by atoms with Crippen molar-refractivity contribution in [1.82, 2.24) is 15.5 Å². The van der Waals surface area contributed by atoms with Crippen molar-refractivity contribution in [2.45, 2.75) is 38.3 Å². The Morgan fingerprint density at radius 1 is 1.30 bits per heavy atom. The smallest absolute Gasteiger partial charge is 0.191 e. The van der Waals surface area contributed by atoms with E-state index in [9.17, 15) is 0 Å². The van der Waals surface area contributed by atoms with Crippen molar-refractivity contribution in [2.75, 3.05) is 46.9 Å². The van der Waals surface area contributed by atoms with Gasteiger partial charge in [0, 0.05) is 25.3 Å². The van der Waals surface area contributed by atoms with Gasteiger partial charge in [-0.25, -0.2) is 0 Å². The minimum Gasteiger partial charge on any atom is -0.488 e. The maximum absolute atomic E-state index is 6.01. The third kappa shape index (κ3) is 6.66. The summed E-state index contributed by atoms with van der Waals surface area (Å²) in [5, 5.41) is 6.74. The van der Waals surface area contributed by atoms with Crippen LogP contribution >= 0.6 is 15.9 Å². The number of hydrogen-bond donors (Lipinski definition) is 2. The summed E-state index contributed by atoms with van der Waals surface area (Å²) in [7, 11) is 4.27. The van der Waals surface area contributed by atoms with E-state index in [4.69, 9.17) is 14.5 Å². The Labute approximate surface area is 171 Å². The second-order valence-corrected chi connectivity index (χ2v) is 8.02. The number of guanidine groups is 1. The molecule has 1 aliphatic heterocycles. The fraction of sp³-hybridized carbons (Fsp3) is 0.650. The second kappa shape index (κ2) is 10.9. The van der Waals surface area contributed by atoms with E-state index in [1.165, 1.54) is 0 Å². The zero-order valence-electron chi connectivity index (χ0n) is 16.9. The van der Waals surface area contributed by atoms with Crippen molar-refractivity contribution < 1.29 is 9.47 Å². The molecule has 1 atom stereocenters. The molecular formula is C20H33BrN4O2. The Morgan fingerprint density at radius 2 is 2.00 bits per heavy atom. The van der Waals surface area contributed by atoms with E-state index in [1.807, 2.05) is 24.3 Å². The van der Waals surface area contributed by atoms with Gasteiger partial charge < -0.3 is 25.0 Å². The van der Waals surface area contributed by atoms with E-state index in [1.54, 1.807) is 0 Å². The molecular weight excluding hydrogens is 408 g/mol. The van der Waals surface area contributed by atoms with Crippen LogP contribution < -0.4 is 15.4 Å². The average Bonchev–Trinajstić information content (AvgIpc) is 2.66. The summed E-state index contributed by atoms with van der Waals surface area (Å²) in [6.07, 6.45) is 2.02. The molecule has 1 unspecified atom stereocenters. The molecule has 2 N–H and O–H groups in total. The maximum atomic E-state index is 6.01. The zero-order valence-corrected chi connectivity index (χ0v) is 18.5. The SMILES string of the molecule is CCNC(=NCC1(N(C)C)CCOCC1)NCC(C)Oc1ccccc1Br. The number of ether oxygens (including phenoxy) is 2. The van der Waals surface area contributed by atoms with Crippen LogP contribution in [-0.2, 0) is 4.74 Å². The van der Waals surface area contributed by atoms with E-state index in [2.05, 4.69) is 59.4 Å². The van der Waals surface area contributed by atoms with Gasteiger partial charge in [0.25, 0.3) is 0 Å². The molecule has 0 bridgehead atoms. The number of nitrogens with one attached hydrogen (secondary N) is 2. The normalized spacial score (nSPS) is 18.2. The van der Waals surface area contributed by atoms with E-state index in [0.29, 0.717) is 6.54 Å². The minimum absolute atomic E-state index is 0.0124. The van der Waals surface area contributed by atoms with Crippen LogP contribution in [0.25, 0.3) is 0 Å². The monoisotopic (exact) mass is 440 g/mol. The van der Waals surface area contributed by atoms with Gasteiger partial charge in [0.05, 0.1) is 17.6 Å². The van der Waals surface area contributed by atoms with Gasteiger partial charge in [-0.15, -0.1) is 0 Å². The van der Waals surface area contributed by atoms with Crippen LogP contribution in [0.3, 0.4) is 0 Å². The highest BCUT2D eigenvalue weighted by Crippen LogP contribution is 2.26. The van der Waals surface area contributed by atoms with Crippen molar-refractivity contribution in [3.63, 3.8) is 0 Å². The number of hydrogen-bond acceptors (Lipinski definition) is 4. The summed E-state index contributed by atoms with van der Waals surface area (Å²) in [5.74, 6) is 1.68. The molecule has 7 heteroatoms. The quantitative estimate of drug-likeness (QED) is 0.480. The average molecular weight is 441 g/mol. The Kier molecular flexibility index (Phi) is 8.86. The molecule has 1 saturated heterocycles. The molecule has 1 aromatic carbocycles. The van der Waals surface area contributed by atoms with Crippen molar-refractivity contribution >= 4 is 21.9 Å². The lowest BCUT2D eigenvalue weighted by Gasteiger charge is -2.41. The highest BCUT2D eigenvalue weighted by molar-refractivity contribution is 9.10. The summed E-state index contributed by atoms with van der Waals surface area (Å²) in [4.78, 5) is 7.15. The molecule has 0 aliphatic carbocycles. The number of rotatable bonds is 8. The van der Waals surface area contributed by atoms with Crippen molar-refractivity contribution in [1.29, 1.82) is 0 Å². The van der Waals surface area contributed by atoms with E-state index in [0.717, 1.165) is 55.3 Å². The summed E-state index contributed by atoms with van der Waals surface area (Å²) in [6, 6.07) is 7.90. The van der Waals surface area contributed by atoms with Crippen molar-refractivity contribution in [3.8, 4) is 5.75 Å². The van der Waals surface area contributed by atoms with Gasteiger partial charge in [0.1, 0.15) is 11.9 Å². The molecule has 1 heterocycles. The van der Waals surface area contributed by atoms with E-state index < -0.39 is 0 Å². The lowest BCUT2D eigenvalue weighted by Crippen LogP contribution is -2.52. The van der Waals surface area contributed by atoms with Gasteiger partial charge in [-0.2, -0.15) is 0 Å². The Bertz CT molecular complexity index is 603. The molecule has 0 radical (unpaired) electrons. The van der Waals surface area contributed by atoms with Crippen LogP contribution in [0.2, 0.25) is 0 Å². The third-order valence-corrected chi connectivity index (χ3v) is 5.62. The first-order valence-corrected chi connectivity index (χ1v) is 10.4. The molecule has 2 rings (SSSR count). The fourth-order valence-electron chi connectivity index (χ4n) is 3.11. The van der Waals surface area contributed by atoms with E-state index in [-0.39, 0.29) is 11.6 Å². The lowest BCUT2D eigenvalue weighted by molar-refractivity contribution is -0.00255. The van der Waals surface area contributed by atoms with Gasteiger partial charge in [-0.3, -0.25) is 4.99 Å². The number of likely N-dealkylation sites (N-methyl/N-ethyl adjacent to an activating group) is 1. The number of aliphatic imine (C=N–C) groups is 1. The first-order chi connectivity index (χ1) is 13.0. The predicted octanol–water partition coefficient (Wildman–Crippen LogP) is 2.88. The lowest BCUT2D eigenvalue weighted by atomic mass is 9.89. The molecule has 0 saturated carbocycles. The molecule has 0 aromatic heterocycles. The maximum Gasteiger partial charge on any atom is 0.191 e. The first kappa shape index (κ1) is 22.0. The van der Waals surface area contributed by atoms with Gasteiger partial charge >= 0.3 is 0 Å². The van der Waals surface area contributed by atoms with Crippen LogP contribution in [0.15, 0.2) is 33.7 Å². The number of para-hydroxylation sites is 1. The van der Waals surface area contributed by atoms with Crippen LogP contribution in [0.5, 0.6) is 5.75 Å². The Hall–Kier alpha value is -1.31. The van der Waals surface area contributed by atoms with Gasteiger partial charge in [-0.1, -0.05) is 12.1 Å². The summed E-state index contributed by atoms with van der Waals surface area (Å²) < 4.78 is 12.5. The minimum atomic E-state index is 0.0124. The molecule has 1 fully saturated rings. The van der Waals surface area contributed by atoms with Crippen molar-refractivity contribution in [3.05, 3.63) is 28.7 Å². The standard InChI is InChI=1S/C20H33BrN4O2/c1-5-22-19(24-15-20(25(3)4)10-12-26-13-11-20)23-14-16(2)27-18-9-7-6-8-17(18)21/h6-9,16H,5,10-15H2,1-4H3,(H2,22,23,24). The molecule has 0 amide bonds. The van der Waals surface area contributed by atoms with Gasteiger partial charge in [0.2, 0.25) is 0 Å². The fourth-order valence-corrected chi connectivity index (χ4v) is 3.48. The first-order valence-electron chi connectivity index (χ1n) is 9.65. The highest BCUT2D eigenvalue weighted by atomic mass is 79.9. The number of benzene rings is 1. The summed E-state index contributed by atoms with van der Waals surface area (Å²) in [6.45, 7) is 7.97. The molecule has 152 valence electrons. The molecule has 6 nitrogen and oxygen atoms in total. The molecule has 1 aromatic rings. The highest BCUT2D eigenvalue weighted by Gasteiger charge is 2.34. The summed E-state index contributed by atoms with van der Waals surface area (Å²) >= 11 is 3.52. The molecule has 0 spiro atoms. The molecule has 27 heavy (non-hydrogen) atoms. The molecule has 1 aliphatic rings. The zero-order chi connectivity index (χ0) is 19.7. The second-order valence-electron chi connectivity index (χ2n) is 7.17. The largest absolute Gasteiger partial charge is 0.488 e. The Morgan fingerprint density at radius 3 is 2.63 bits per heavy atom. The predicted molar refractivity (Wildman–Crippen MR) is 115 cm³/mol. The third-order valence-electron chi connectivity index (χ3n) is 4.97. The van der Waals surface area contributed by atoms with Crippen LogP contribution in [0.4, 0.5) is 0 Å². The number of nitrogens with zero attached hydrogens (tertiary/aromatic N) is 2. The number of halogens is 1. The van der Waals surface area contributed by atoms with Crippen LogP contribution in [-0.4, -0.2) is 69.4 Å². The summed E-state index contributed by atoms with van der Waals surface area (Å²) in [5.41, 5.74) is 0.0671. The van der Waals surface area contributed by atoms with Crippen molar-refractivity contribution in [2.24, 2.45) is 4.99 Å². The Balaban J connectivity index is 1.93. The van der Waals surface area contributed by atoms with Crippen LogP contribution in [0, 0.1) is 0 Å². The topological polar surface area (TPSA) is 58.1 Å². The van der Waals surface area contributed by atoms with E-state index >= 15 is 0 Å².